The second-order valence-electron chi connectivity index (χ2n) is 5.52. The van der Waals surface area contributed by atoms with E-state index in [2.05, 4.69) is 28.4 Å². The summed E-state index contributed by atoms with van der Waals surface area (Å²) in [4.78, 5) is 2.11. The van der Waals surface area contributed by atoms with Crippen LogP contribution in [0.4, 0.5) is 0 Å². The fraction of sp³-hybridized carbons (Fsp3) is 0.562. The molecule has 0 saturated heterocycles. The first kappa shape index (κ1) is 16.5. The molecule has 0 aliphatic heterocycles. The van der Waals surface area contributed by atoms with E-state index in [0.29, 0.717) is 0 Å². The van der Waals surface area contributed by atoms with Gasteiger partial charge in [-0.05, 0) is 51.6 Å². The summed E-state index contributed by atoms with van der Waals surface area (Å²) in [7, 11) is 5.72. The fourth-order valence-corrected chi connectivity index (χ4v) is 1.93. The molecule has 0 fully saturated rings. The summed E-state index contributed by atoms with van der Waals surface area (Å²) in [5, 5.41) is 12.7. The lowest BCUT2D eigenvalue weighted by molar-refractivity contribution is 0.353. The van der Waals surface area contributed by atoms with Crippen LogP contribution in [-0.4, -0.2) is 44.7 Å². The quantitative estimate of drug-likeness (QED) is 0.789. The van der Waals surface area contributed by atoms with Crippen molar-refractivity contribution in [2.45, 2.75) is 25.3 Å². The number of nitrogens with one attached hydrogen (secondary N) is 1. The highest BCUT2D eigenvalue weighted by Gasteiger charge is 2.22. The minimum absolute atomic E-state index is 0.476. The third-order valence-electron chi connectivity index (χ3n) is 3.39. The molecule has 1 rings (SSSR count). The highest BCUT2D eigenvalue weighted by molar-refractivity contribution is 5.27. The maximum absolute atomic E-state index is 9.36. The van der Waals surface area contributed by atoms with Crippen LogP contribution in [0.1, 0.15) is 18.9 Å². The number of benzene rings is 1. The summed E-state index contributed by atoms with van der Waals surface area (Å²) < 4.78 is 5.14. The van der Waals surface area contributed by atoms with Crippen molar-refractivity contribution < 1.29 is 4.74 Å². The largest absolute Gasteiger partial charge is 0.497 e. The molecule has 1 unspecified atom stereocenters. The van der Waals surface area contributed by atoms with Gasteiger partial charge in [0.15, 0.2) is 0 Å². The van der Waals surface area contributed by atoms with Crippen LogP contribution in [0.3, 0.4) is 0 Å². The minimum Gasteiger partial charge on any atom is -0.497 e. The summed E-state index contributed by atoms with van der Waals surface area (Å²) in [6.45, 7) is 3.71. The van der Waals surface area contributed by atoms with Crippen molar-refractivity contribution in [2.75, 3.05) is 34.3 Å². The van der Waals surface area contributed by atoms with Gasteiger partial charge in [0.2, 0.25) is 0 Å². The molecule has 4 heteroatoms. The number of hydrogen-bond donors (Lipinski definition) is 1. The second-order valence-corrected chi connectivity index (χ2v) is 5.52. The molecule has 0 bridgehead atoms. The average Bonchev–Trinajstić information content (AvgIpc) is 2.45. The topological polar surface area (TPSA) is 48.3 Å². The van der Waals surface area contributed by atoms with E-state index in [4.69, 9.17) is 4.74 Å². The molecule has 0 heterocycles. The van der Waals surface area contributed by atoms with Crippen LogP contribution in [0, 0.1) is 11.3 Å². The van der Waals surface area contributed by atoms with E-state index in [9.17, 15) is 5.26 Å². The summed E-state index contributed by atoms with van der Waals surface area (Å²) >= 11 is 0. The number of aryl methyl sites for hydroxylation is 1. The molecule has 1 aromatic carbocycles. The Bertz CT molecular complexity index is 436. The van der Waals surface area contributed by atoms with E-state index in [1.807, 2.05) is 33.2 Å². The maximum atomic E-state index is 9.36. The summed E-state index contributed by atoms with van der Waals surface area (Å²) in [6, 6.07) is 10.4. The van der Waals surface area contributed by atoms with Gasteiger partial charge in [0.05, 0.1) is 13.2 Å². The molecule has 0 radical (unpaired) electrons. The predicted octanol–water partition coefficient (Wildman–Crippen LogP) is 2.06. The van der Waals surface area contributed by atoms with Gasteiger partial charge in [-0.1, -0.05) is 12.1 Å². The summed E-state index contributed by atoms with van der Waals surface area (Å²) in [5.74, 6) is 0.862. The third-order valence-corrected chi connectivity index (χ3v) is 3.39. The molecule has 20 heavy (non-hydrogen) atoms. The normalized spacial score (nSPS) is 13.8. The first-order valence-corrected chi connectivity index (χ1v) is 6.93. The molecule has 4 nitrogen and oxygen atoms in total. The number of likely N-dealkylation sites (N-methyl/N-ethyl adjacent to an activating group) is 1. The van der Waals surface area contributed by atoms with Crippen molar-refractivity contribution in [1.29, 1.82) is 5.26 Å². The molecule has 0 aromatic heterocycles. The van der Waals surface area contributed by atoms with Crippen LogP contribution in [-0.2, 0) is 6.42 Å². The van der Waals surface area contributed by atoms with E-state index in [1.165, 1.54) is 5.56 Å². The van der Waals surface area contributed by atoms with Crippen LogP contribution < -0.4 is 10.1 Å². The lowest BCUT2D eigenvalue weighted by Gasteiger charge is -2.24. The first-order chi connectivity index (χ1) is 9.49. The van der Waals surface area contributed by atoms with Gasteiger partial charge in [0.1, 0.15) is 11.3 Å². The Morgan fingerprint density at radius 3 is 2.45 bits per heavy atom. The SMILES string of the molecule is COc1ccc(CCC(C)(C#N)NCCN(C)C)cc1. The Labute approximate surface area is 122 Å². The van der Waals surface area contributed by atoms with Crippen molar-refractivity contribution in [3.8, 4) is 11.8 Å². The number of nitrogens with zero attached hydrogens (tertiary/aromatic N) is 2. The van der Waals surface area contributed by atoms with E-state index in [1.54, 1.807) is 7.11 Å². The zero-order valence-corrected chi connectivity index (χ0v) is 12.9. The highest BCUT2D eigenvalue weighted by Crippen LogP contribution is 2.16. The second kappa shape index (κ2) is 7.88. The molecule has 0 spiro atoms. The lowest BCUT2D eigenvalue weighted by atomic mass is 9.94. The number of hydrogen-bond acceptors (Lipinski definition) is 4. The van der Waals surface area contributed by atoms with E-state index >= 15 is 0 Å². The minimum atomic E-state index is -0.476. The number of nitriles is 1. The summed E-state index contributed by atoms with van der Waals surface area (Å²) in [6.07, 6.45) is 1.67. The Morgan fingerprint density at radius 2 is 1.95 bits per heavy atom. The summed E-state index contributed by atoms with van der Waals surface area (Å²) in [5.41, 5.74) is 0.748. The zero-order valence-electron chi connectivity index (χ0n) is 12.9. The Hall–Kier alpha value is -1.57. The molecule has 0 saturated carbocycles. The molecule has 0 aliphatic carbocycles. The van der Waals surface area contributed by atoms with Crippen LogP contribution in [0.25, 0.3) is 0 Å². The van der Waals surface area contributed by atoms with Crippen molar-refractivity contribution in [3.63, 3.8) is 0 Å². The molecule has 0 aliphatic rings. The van der Waals surface area contributed by atoms with Gasteiger partial charge in [-0.25, -0.2) is 0 Å². The van der Waals surface area contributed by atoms with Crippen LogP contribution in [0.15, 0.2) is 24.3 Å². The van der Waals surface area contributed by atoms with Crippen LogP contribution in [0.5, 0.6) is 5.75 Å². The Morgan fingerprint density at radius 1 is 1.30 bits per heavy atom. The third kappa shape index (κ3) is 5.60. The van der Waals surface area contributed by atoms with E-state index < -0.39 is 5.54 Å². The maximum Gasteiger partial charge on any atom is 0.118 e. The van der Waals surface area contributed by atoms with Crippen LogP contribution in [0.2, 0.25) is 0 Å². The number of rotatable bonds is 8. The number of methoxy groups -OCH3 is 1. The van der Waals surface area contributed by atoms with Gasteiger partial charge in [-0.2, -0.15) is 5.26 Å². The zero-order chi connectivity index (χ0) is 15.0. The van der Waals surface area contributed by atoms with Gasteiger partial charge >= 0.3 is 0 Å². The van der Waals surface area contributed by atoms with Crippen molar-refractivity contribution in [2.24, 2.45) is 0 Å². The van der Waals surface area contributed by atoms with Gasteiger partial charge in [-0.15, -0.1) is 0 Å². The van der Waals surface area contributed by atoms with Crippen molar-refractivity contribution in [1.82, 2.24) is 10.2 Å². The Kier molecular flexibility index (Phi) is 6.50. The monoisotopic (exact) mass is 275 g/mol. The number of ether oxygens (including phenoxy) is 1. The van der Waals surface area contributed by atoms with Gasteiger partial charge < -0.3 is 9.64 Å². The molecule has 110 valence electrons. The van der Waals surface area contributed by atoms with Gasteiger partial charge in [-0.3, -0.25) is 5.32 Å². The average molecular weight is 275 g/mol. The smallest absolute Gasteiger partial charge is 0.118 e. The molecule has 1 aromatic rings. The van der Waals surface area contributed by atoms with E-state index in [0.717, 1.165) is 31.7 Å². The molecule has 1 atom stereocenters. The van der Waals surface area contributed by atoms with Gasteiger partial charge in [0.25, 0.3) is 0 Å². The first-order valence-electron chi connectivity index (χ1n) is 6.93. The molecule has 0 amide bonds. The fourth-order valence-electron chi connectivity index (χ4n) is 1.93. The molecular weight excluding hydrogens is 250 g/mol. The van der Waals surface area contributed by atoms with Crippen molar-refractivity contribution in [3.05, 3.63) is 29.8 Å². The van der Waals surface area contributed by atoms with Gasteiger partial charge in [0, 0.05) is 13.1 Å². The Balaban J connectivity index is 2.48. The molecular formula is C16H25N3O. The molecule has 1 N–H and O–H groups in total. The highest BCUT2D eigenvalue weighted by atomic mass is 16.5. The van der Waals surface area contributed by atoms with Crippen molar-refractivity contribution >= 4 is 0 Å². The van der Waals surface area contributed by atoms with E-state index in [-0.39, 0.29) is 0 Å². The lowest BCUT2D eigenvalue weighted by Crippen LogP contribution is -2.44. The van der Waals surface area contributed by atoms with Crippen LogP contribution >= 0.6 is 0 Å². The predicted molar refractivity (Wildman–Crippen MR) is 81.9 cm³/mol. The standard InChI is InChI=1S/C16H25N3O/c1-16(13-17,18-11-12-19(2)3)10-9-14-5-7-15(20-4)8-6-14/h5-8,18H,9-12H2,1-4H3.